The molecule has 0 saturated carbocycles. The lowest BCUT2D eigenvalue weighted by Crippen LogP contribution is -2.27. The Bertz CT molecular complexity index is 574. The van der Waals surface area contributed by atoms with Crippen molar-refractivity contribution in [2.45, 2.75) is 25.9 Å². The molecule has 2 aromatic heterocycles. The minimum absolute atomic E-state index is 0.386. The van der Waals surface area contributed by atoms with Gasteiger partial charge in [-0.3, -0.25) is 9.97 Å². The van der Waals surface area contributed by atoms with E-state index in [1.54, 1.807) is 18.5 Å². The quantitative estimate of drug-likeness (QED) is 0.912. The summed E-state index contributed by atoms with van der Waals surface area (Å²) >= 11 is 0. The van der Waals surface area contributed by atoms with Gasteiger partial charge in [-0.25, -0.2) is 4.39 Å². The van der Waals surface area contributed by atoms with Gasteiger partial charge in [0.1, 0.15) is 17.2 Å². The van der Waals surface area contributed by atoms with Gasteiger partial charge in [-0.2, -0.15) is 0 Å². The Morgan fingerprint density at radius 1 is 1.25 bits per heavy atom. The number of halogens is 1. The van der Waals surface area contributed by atoms with E-state index in [0.717, 1.165) is 6.20 Å². The Labute approximate surface area is 117 Å². The highest BCUT2D eigenvalue weighted by atomic mass is 19.1. The lowest BCUT2D eigenvalue weighted by Gasteiger charge is -2.26. The molecule has 0 aliphatic rings. The van der Waals surface area contributed by atoms with E-state index in [0.29, 0.717) is 30.0 Å². The van der Waals surface area contributed by atoms with Crippen molar-refractivity contribution in [2.75, 3.05) is 6.61 Å². The molecule has 0 fully saturated rings. The molecule has 4 nitrogen and oxygen atoms in total. The minimum Gasteiger partial charge on any atom is -0.492 e. The van der Waals surface area contributed by atoms with Crippen LogP contribution in [0.5, 0.6) is 5.75 Å². The molecular weight excluding hydrogens is 259 g/mol. The average Bonchev–Trinajstić information content (AvgIpc) is 2.48. The lowest BCUT2D eigenvalue weighted by atomic mass is 9.88. The second-order valence-corrected chi connectivity index (χ2v) is 4.42. The molecule has 2 heterocycles. The number of pyridine rings is 2. The molecule has 20 heavy (non-hydrogen) atoms. The van der Waals surface area contributed by atoms with E-state index < -0.39 is 11.4 Å². The molecule has 0 aliphatic heterocycles. The molecule has 1 unspecified atom stereocenters. The van der Waals surface area contributed by atoms with Crippen molar-refractivity contribution < 1.29 is 14.2 Å². The summed E-state index contributed by atoms with van der Waals surface area (Å²) in [6, 6.07) is 4.49. The highest BCUT2D eigenvalue weighted by molar-refractivity contribution is 5.34. The number of ether oxygens (including phenoxy) is 1. The van der Waals surface area contributed by atoms with Gasteiger partial charge in [0.2, 0.25) is 0 Å². The predicted octanol–water partition coefficient (Wildman–Crippen LogP) is 2.66. The van der Waals surface area contributed by atoms with Crippen LogP contribution >= 0.6 is 0 Å². The van der Waals surface area contributed by atoms with E-state index in [-0.39, 0.29) is 0 Å². The van der Waals surface area contributed by atoms with Gasteiger partial charge in [0.05, 0.1) is 24.7 Å². The maximum absolute atomic E-state index is 13.0. The Morgan fingerprint density at radius 3 is 2.65 bits per heavy atom. The molecule has 1 N–H and O–H groups in total. The molecule has 106 valence electrons. The van der Waals surface area contributed by atoms with Crippen molar-refractivity contribution in [3.8, 4) is 5.75 Å². The lowest BCUT2D eigenvalue weighted by molar-refractivity contribution is 0.0711. The van der Waals surface area contributed by atoms with Crippen LogP contribution in [-0.4, -0.2) is 21.7 Å². The van der Waals surface area contributed by atoms with Gasteiger partial charge in [0, 0.05) is 11.8 Å². The number of aromatic nitrogens is 2. The van der Waals surface area contributed by atoms with Crippen LogP contribution in [0.4, 0.5) is 4.39 Å². The fourth-order valence-corrected chi connectivity index (χ4v) is 2.04. The average molecular weight is 276 g/mol. The van der Waals surface area contributed by atoms with Crippen LogP contribution in [0.25, 0.3) is 0 Å². The van der Waals surface area contributed by atoms with Gasteiger partial charge >= 0.3 is 0 Å². The van der Waals surface area contributed by atoms with Crippen LogP contribution in [0, 0.1) is 5.82 Å². The Hall–Kier alpha value is -2.01. The highest BCUT2D eigenvalue weighted by Crippen LogP contribution is 2.32. The molecule has 0 saturated heterocycles. The summed E-state index contributed by atoms with van der Waals surface area (Å²) < 4.78 is 18.4. The highest BCUT2D eigenvalue weighted by Gasteiger charge is 2.31. The minimum atomic E-state index is -1.31. The zero-order chi connectivity index (χ0) is 14.6. The largest absolute Gasteiger partial charge is 0.492 e. The van der Waals surface area contributed by atoms with E-state index in [4.69, 9.17) is 4.74 Å². The normalized spacial score (nSPS) is 13.8. The van der Waals surface area contributed by atoms with E-state index in [2.05, 4.69) is 9.97 Å². The summed E-state index contributed by atoms with van der Waals surface area (Å²) in [6.07, 6.45) is 4.64. The van der Waals surface area contributed by atoms with Crippen molar-refractivity contribution >= 4 is 0 Å². The van der Waals surface area contributed by atoms with E-state index in [1.807, 2.05) is 13.8 Å². The number of aliphatic hydroxyl groups is 1. The molecule has 0 spiro atoms. The van der Waals surface area contributed by atoms with Crippen LogP contribution in [0.2, 0.25) is 0 Å². The SMILES string of the molecule is CCOc1cncc(C(O)(CC)c2ccc(F)cn2)c1. The molecule has 2 rings (SSSR count). The summed E-state index contributed by atoms with van der Waals surface area (Å²) in [5.41, 5.74) is -0.352. The Balaban J connectivity index is 2.44. The summed E-state index contributed by atoms with van der Waals surface area (Å²) in [4.78, 5) is 8.05. The van der Waals surface area contributed by atoms with E-state index in [9.17, 15) is 9.50 Å². The maximum atomic E-state index is 13.0. The second kappa shape index (κ2) is 5.96. The first-order valence-corrected chi connectivity index (χ1v) is 6.53. The molecule has 2 aromatic rings. The molecule has 0 aliphatic carbocycles. The summed E-state index contributed by atoms with van der Waals surface area (Å²) in [5.74, 6) is 0.146. The number of hydrogen-bond acceptors (Lipinski definition) is 4. The second-order valence-electron chi connectivity index (χ2n) is 4.42. The Kier molecular flexibility index (Phi) is 4.29. The van der Waals surface area contributed by atoms with Gasteiger partial charge in [0.15, 0.2) is 0 Å². The van der Waals surface area contributed by atoms with Gasteiger partial charge in [0.25, 0.3) is 0 Å². The predicted molar refractivity (Wildman–Crippen MR) is 72.9 cm³/mol. The Morgan fingerprint density at radius 2 is 2.05 bits per heavy atom. The van der Waals surface area contributed by atoms with Crippen molar-refractivity contribution in [3.63, 3.8) is 0 Å². The number of nitrogens with zero attached hydrogens (tertiary/aromatic N) is 2. The van der Waals surface area contributed by atoms with Crippen molar-refractivity contribution in [3.05, 3.63) is 53.9 Å². The molecule has 0 bridgehead atoms. The van der Waals surface area contributed by atoms with Gasteiger partial charge in [-0.15, -0.1) is 0 Å². The van der Waals surface area contributed by atoms with E-state index in [1.165, 1.54) is 12.1 Å². The zero-order valence-electron chi connectivity index (χ0n) is 11.5. The third-order valence-electron chi connectivity index (χ3n) is 3.16. The van der Waals surface area contributed by atoms with E-state index >= 15 is 0 Å². The number of rotatable bonds is 5. The third-order valence-corrected chi connectivity index (χ3v) is 3.16. The first-order valence-electron chi connectivity index (χ1n) is 6.53. The molecule has 5 heteroatoms. The van der Waals surface area contributed by atoms with Crippen LogP contribution in [0.15, 0.2) is 36.8 Å². The fourth-order valence-electron chi connectivity index (χ4n) is 2.04. The molecule has 1 atom stereocenters. The van der Waals surface area contributed by atoms with Gasteiger partial charge < -0.3 is 9.84 Å². The molecule has 0 aromatic carbocycles. The summed E-state index contributed by atoms with van der Waals surface area (Å²) in [7, 11) is 0. The summed E-state index contributed by atoms with van der Waals surface area (Å²) in [5, 5.41) is 10.9. The molecule has 0 amide bonds. The number of hydrogen-bond donors (Lipinski definition) is 1. The summed E-state index contributed by atoms with van der Waals surface area (Å²) in [6.45, 7) is 4.23. The van der Waals surface area contributed by atoms with Crippen molar-refractivity contribution in [2.24, 2.45) is 0 Å². The van der Waals surface area contributed by atoms with Gasteiger partial charge in [-0.05, 0) is 31.5 Å². The van der Waals surface area contributed by atoms with Crippen LogP contribution < -0.4 is 4.74 Å². The van der Waals surface area contributed by atoms with Crippen LogP contribution in [-0.2, 0) is 5.60 Å². The smallest absolute Gasteiger partial charge is 0.141 e. The van der Waals surface area contributed by atoms with Crippen LogP contribution in [0.3, 0.4) is 0 Å². The first-order chi connectivity index (χ1) is 9.60. The monoisotopic (exact) mass is 276 g/mol. The topological polar surface area (TPSA) is 55.2 Å². The maximum Gasteiger partial charge on any atom is 0.141 e. The molecular formula is C15H17FN2O2. The zero-order valence-corrected chi connectivity index (χ0v) is 11.5. The molecule has 0 radical (unpaired) electrons. The van der Waals surface area contributed by atoms with Crippen molar-refractivity contribution in [1.82, 2.24) is 9.97 Å². The third kappa shape index (κ3) is 2.77. The first kappa shape index (κ1) is 14.4. The van der Waals surface area contributed by atoms with Gasteiger partial charge in [-0.1, -0.05) is 6.92 Å². The standard InChI is InChI=1S/C15H17FN2O2/c1-3-15(19,14-6-5-12(16)9-18-14)11-7-13(20-4-2)10-17-8-11/h5-10,19H,3-4H2,1-2H3. The van der Waals surface area contributed by atoms with Crippen LogP contribution in [0.1, 0.15) is 31.5 Å². The fraction of sp³-hybridized carbons (Fsp3) is 0.333. The van der Waals surface area contributed by atoms with Crippen molar-refractivity contribution in [1.29, 1.82) is 0 Å².